The van der Waals surface area contributed by atoms with Gasteiger partial charge in [-0.2, -0.15) is 0 Å². The second-order valence-corrected chi connectivity index (χ2v) is 6.68. The van der Waals surface area contributed by atoms with E-state index in [2.05, 4.69) is 24.9 Å². The van der Waals surface area contributed by atoms with E-state index in [-0.39, 0.29) is 0 Å². The van der Waals surface area contributed by atoms with Gasteiger partial charge in [-0.25, -0.2) is 0 Å². The normalized spacial score (nSPS) is 30.7. The molecule has 0 aromatic rings. The molecule has 19 heavy (non-hydrogen) atoms. The highest BCUT2D eigenvalue weighted by Crippen LogP contribution is 2.57. The van der Waals surface area contributed by atoms with Crippen LogP contribution >= 0.6 is 0 Å². The Kier molecular flexibility index (Phi) is 6.43. The topological polar surface area (TPSA) is 12.0 Å². The van der Waals surface area contributed by atoms with Crippen LogP contribution in [0.25, 0.3) is 0 Å². The number of nitrogens with one attached hydrogen (secondary N) is 1. The Morgan fingerprint density at radius 3 is 2.53 bits per heavy atom. The minimum atomic E-state index is 0.830. The lowest BCUT2D eigenvalue weighted by atomic mass is 10.0. The maximum atomic E-state index is 3.86. The minimum absolute atomic E-state index is 0.830. The molecule has 1 N–H and O–H groups in total. The van der Waals surface area contributed by atoms with Crippen molar-refractivity contribution in [2.24, 2.45) is 17.8 Å². The number of allylic oxidation sites excluding steroid dienone is 1. The van der Waals surface area contributed by atoms with E-state index in [0.29, 0.717) is 0 Å². The Bertz CT molecular complexity index is 248. The van der Waals surface area contributed by atoms with Gasteiger partial charge < -0.3 is 5.32 Å². The molecule has 0 radical (unpaired) electrons. The third-order valence-electron chi connectivity index (χ3n) is 5.27. The van der Waals surface area contributed by atoms with Crippen molar-refractivity contribution < 1.29 is 0 Å². The molecule has 2 fully saturated rings. The van der Waals surface area contributed by atoms with E-state index >= 15 is 0 Å². The number of hydrogen-bond acceptors (Lipinski definition) is 1. The van der Waals surface area contributed by atoms with Crippen molar-refractivity contribution in [3.8, 4) is 0 Å². The summed E-state index contributed by atoms with van der Waals surface area (Å²) in [7, 11) is 0. The van der Waals surface area contributed by atoms with Crippen LogP contribution in [-0.2, 0) is 0 Å². The van der Waals surface area contributed by atoms with Crippen molar-refractivity contribution in [1.29, 1.82) is 0 Å². The molecule has 110 valence electrons. The first-order valence-electron chi connectivity index (χ1n) is 8.72. The lowest BCUT2D eigenvalue weighted by molar-refractivity contribution is 0.392. The van der Waals surface area contributed by atoms with Crippen molar-refractivity contribution in [1.82, 2.24) is 5.32 Å². The van der Waals surface area contributed by atoms with E-state index in [9.17, 15) is 0 Å². The number of fused-ring (bicyclic) bond motifs is 1. The van der Waals surface area contributed by atoms with E-state index in [1.165, 1.54) is 70.8 Å². The van der Waals surface area contributed by atoms with Gasteiger partial charge in [-0.3, -0.25) is 0 Å². The van der Waals surface area contributed by atoms with Crippen molar-refractivity contribution in [2.75, 3.05) is 6.54 Å². The first kappa shape index (κ1) is 15.1. The summed E-state index contributed by atoms with van der Waals surface area (Å²) in [5.41, 5.74) is 0. The van der Waals surface area contributed by atoms with Crippen LogP contribution < -0.4 is 5.32 Å². The molecule has 0 heterocycles. The van der Waals surface area contributed by atoms with Crippen LogP contribution in [0.2, 0.25) is 0 Å². The van der Waals surface area contributed by atoms with E-state index in [4.69, 9.17) is 0 Å². The summed E-state index contributed by atoms with van der Waals surface area (Å²) in [6.07, 6.45) is 16.1. The summed E-state index contributed by atoms with van der Waals surface area (Å²) in [4.78, 5) is 0. The summed E-state index contributed by atoms with van der Waals surface area (Å²) in [5, 5.41) is 3.86. The average Bonchev–Trinajstić information content (AvgIpc) is 3.16. The Morgan fingerprint density at radius 2 is 1.89 bits per heavy atom. The second kappa shape index (κ2) is 8.09. The summed E-state index contributed by atoms with van der Waals surface area (Å²) in [6.45, 7) is 7.31. The highest BCUT2D eigenvalue weighted by atomic mass is 14.9. The molecule has 1 nitrogen and oxygen atoms in total. The number of rotatable bonds is 10. The highest BCUT2D eigenvalue weighted by molar-refractivity contribution is 5.04. The Balaban J connectivity index is 1.71. The SMILES string of the molecule is C=CCCCCCC(NCCC)C1C2CCCCC21. The van der Waals surface area contributed by atoms with Crippen LogP contribution in [0, 0.1) is 17.8 Å². The Morgan fingerprint density at radius 1 is 1.16 bits per heavy atom. The van der Waals surface area contributed by atoms with E-state index in [0.717, 1.165) is 23.8 Å². The summed E-state index contributed by atoms with van der Waals surface area (Å²) in [6, 6.07) is 0.830. The van der Waals surface area contributed by atoms with Gasteiger partial charge in [-0.05, 0) is 62.8 Å². The van der Waals surface area contributed by atoms with Gasteiger partial charge in [0, 0.05) is 6.04 Å². The third-order valence-corrected chi connectivity index (χ3v) is 5.27. The van der Waals surface area contributed by atoms with Crippen LogP contribution in [0.3, 0.4) is 0 Å². The van der Waals surface area contributed by atoms with Gasteiger partial charge in [0.15, 0.2) is 0 Å². The van der Waals surface area contributed by atoms with Crippen molar-refractivity contribution >= 4 is 0 Å². The molecule has 0 aromatic heterocycles. The zero-order valence-electron chi connectivity index (χ0n) is 12.9. The molecular formula is C18H33N. The van der Waals surface area contributed by atoms with Crippen LogP contribution in [0.1, 0.15) is 71.1 Å². The van der Waals surface area contributed by atoms with Crippen LogP contribution in [0.5, 0.6) is 0 Å². The summed E-state index contributed by atoms with van der Waals surface area (Å²) in [5.74, 6) is 3.22. The molecule has 0 aliphatic heterocycles. The second-order valence-electron chi connectivity index (χ2n) is 6.68. The number of hydrogen-bond donors (Lipinski definition) is 1. The van der Waals surface area contributed by atoms with Gasteiger partial charge in [-0.1, -0.05) is 38.7 Å². The molecule has 2 rings (SSSR count). The Labute approximate surface area is 120 Å². The molecule has 0 saturated heterocycles. The lowest BCUT2D eigenvalue weighted by Crippen LogP contribution is -2.32. The molecule has 3 unspecified atom stereocenters. The Hall–Kier alpha value is -0.300. The molecule has 0 bridgehead atoms. The summed E-state index contributed by atoms with van der Waals surface area (Å²) >= 11 is 0. The molecule has 0 amide bonds. The molecule has 2 aliphatic rings. The maximum absolute atomic E-state index is 3.86. The lowest BCUT2D eigenvalue weighted by Gasteiger charge is -2.19. The van der Waals surface area contributed by atoms with Gasteiger partial charge in [0.1, 0.15) is 0 Å². The van der Waals surface area contributed by atoms with E-state index < -0.39 is 0 Å². The quantitative estimate of drug-likeness (QED) is 0.435. The molecule has 2 aliphatic carbocycles. The van der Waals surface area contributed by atoms with Gasteiger partial charge in [0.2, 0.25) is 0 Å². The van der Waals surface area contributed by atoms with Crippen molar-refractivity contribution in [2.45, 2.75) is 77.2 Å². The third kappa shape index (κ3) is 4.34. The maximum Gasteiger partial charge on any atom is 0.0101 e. The van der Waals surface area contributed by atoms with Crippen LogP contribution in [0.15, 0.2) is 12.7 Å². The van der Waals surface area contributed by atoms with Gasteiger partial charge >= 0.3 is 0 Å². The first-order valence-corrected chi connectivity index (χ1v) is 8.72. The monoisotopic (exact) mass is 263 g/mol. The molecule has 3 atom stereocenters. The summed E-state index contributed by atoms with van der Waals surface area (Å²) < 4.78 is 0. The fraction of sp³-hybridized carbons (Fsp3) is 0.889. The highest BCUT2D eigenvalue weighted by Gasteiger charge is 2.53. The molecule has 0 spiro atoms. The van der Waals surface area contributed by atoms with Crippen molar-refractivity contribution in [3.63, 3.8) is 0 Å². The van der Waals surface area contributed by atoms with Gasteiger partial charge in [0.25, 0.3) is 0 Å². The van der Waals surface area contributed by atoms with E-state index in [1.807, 2.05) is 0 Å². The van der Waals surface area contributed by atoms with Gasteiger partial charge in [0.05, 0.1) is 0 Å². The minimum Gasteiger partial charge on any atom is -0.314 e. The molecule has 1 heteroatoms. The van der Waals surface area contributed by atoms with E-state index in [1.54, 1.807) is 0 Å². The molecular weight excluding hydrogens is 230 g/mol. The zero-order chi connectivity index (χ0) is 13.5. The zero-order valence-corrected chi connectivity index (χ0v) is 12.9. The standard InChI is InChI=1S/C18H33N/c1-3-5-6-7-8-13-17(19-14-4-2)18-15-11-9-10-12-16(15)18/h3,15-19H,1,4-14H2,2H3. The van der Waals surface area contributed by atoms with Crippen LogP contribution in [-0.4, -0.2) is 12.6 Å². The molecule has 0 aromatic carbocycles. The van der Waals surface area contributed by atoms with Gasteiger partial charge in [-0.15, -0.1) is 6.58 Å². The smallest absolute Gasteiger partial charge is 0.0101 e. The average molecular weight is 263 g/mol. The van der Waals surface area contributed by atoms with Crippen LogP contribution in [0.4, 0.5) is 0 Å². The number of unbranched alkanes of at least 4 members (excludes halogenated alkanes) is 3. The molecule has 2 saturated carbocycles. The predicted molar refractivity (Wildman–Crippen MR) is 84.3 cm³/mol. The first-order chi connectivity index (χ1) is 9.38. The largest absolute Gasteiger partial charge is 0.314 e. The fourth-order valence-electron chi connectivity index (χ4n) is 4.23. The van der Waals surface area contributed by atoms with Crippen molar-refractivity contribution in [3.05, 3.63) is 12.7 Å². The fourth-order valence-corrected chi connectivity index (χ4v) is 4.23. The predicted octanol–water partition coefficient (Wildman–Crippen LogP) is 4.93.